The van der Waals surface area contributed by atoms with Gasteiger partial charge in [0.15, 0.2) is 5.13 Å². The summed E-state index contributed by atoms with van der Waals surface area (Å²) in [5, 5.41) is 6.16. The van der Waals surface area contributed by atoms with E-state index in [0.29, 0.717) is 13.1 Å². The Hall–Kier alpha value is -1.70. The van der Waals surface area contributed by atoms with Crippen molar-refractivity contribution in [3.63, 3.8) is 0 Å². The first-order chi connectivity index (χ1) is 11.0. The highest BCUT2D eigenvalue weighted by atomic mass is 32.1. The molecule has 0 radical (unpaired) electrons. The maximum atomic E-state index is 11.6. The van der Waals surface area contributed by atoms with Gasteiger partial charge in [-0.05, 0) is 33.2 Å². The van der Waals surface area contributed by atoms with E-state index in [1.165, 1.54) is 11.3 Å². The number of carbonyl (C=O) groups excluding carboxylic acids is 1. The van der Waals surface area contributed by atoms with Crippen molar-refractivity contribution in [3.05, 3.63) is 35.2 Å². The zero-order valence-electron chi connectivity index (χ0n) is 14.1. The molecule has 0 fully saturated rings. The Balaban J connectivity index is 1.91. The Morgan fingerprint density at radius 1 is 1.48 bits per heavy atom. The Labute approximate surface area is 141 Å². The van der Waals surface area contributed by atoms with E-state index in [4.69, 9.17) is 4.42 Å². The van der Waals surface area contributed by atoms with Crippen molar-refractivity contribution in [1.29, 1.82) is 0 Å². The van der Waals surface area contributed by atoms with E-state index in [-0.39, 0.29) is 11.9 Å². The molecule has 7 heteroatoms. The Kier molecular flexibility index (Phi) is 6.32. The standard InChI is InChI=1S/C16H24N4O2S/c1-5-20(12(2)21)16-18-13(11-23-16)9-17-10-14(19(3)4)15-7-6-8-22-15/h6-8,11,14,17H,5,9-10H2,1-4H3. The smallest absolute Gasteiger partial charge is 0.225 e. The van der Waals surface area contributed by atoms with Crippen LogP contribution in [0.4, 0.5) is 5.13 Å². The molecular formula is C16H24N4O2S. The Bertz CT molecular complexity index is 609. The maximum Gasteiger partial charge on any atom is 0.225 e. The van der Waals surface area contributed by atoms with Crippen LogP contribution in [0.5, 0.6) is 0 Å². The second kappa shape index (κ2) is 8.24. The fraction of sp³-hybridized carbons (Fsp3) is 0.500. The predicted octanol–water partition coefficient (Wildman–Crippen LogP) is 2.50. The minimum atomic E-state index is 0.0202. The summed E-state index contributed by atoms with van der Waals surface area (Å²) in [5.74, 6) is 0.960. The summed E-state index contributed by atoms with van der Waals surface area (Å²) < 4.78 is 5.50. The number of likely N-dealkylation sites (N-methyl/N-ethyl adjacent to an activating group) is 1. The normalized spacial score (nSPS) is 12.6. The molecule has 1 unspecified atom stereocenters. The molecule has 23 heavy (non-hydrogen) atoms. The first kappa shape index (κ1) is 17.7. The van der Waals surface area contributed by atoms with Crippen LogP contribution in [-0.2, 0) is 11.3 Å². The van der Waals surface area contributed by atoms with Gasteiger partial charge in [-0.3, -0.25) is 14.6 Å². The molecule has 126 valence electrons. The van der Waals surface area contributed by atoms with Gasteiger partial charge < -0.3 is 9.73 Å². The number of thiazole rings is 1. The molecule has 2 aromatic heterocycles. The molecule has 0 saturated heterocycles. The van der Waals surface area contributed by atoms with Crippen LogP contribution in [0.15, 0.2) is 28.2 Å². The number of rotatable bonds is 8. The summed E-state index contributed by atoms with van der Waals surface area (Å²) in [4.78, 5) is 19.9. The molecule has 2 rings (SSSR count). The van der Waals surface area contributed by atoms with Crippen LogP contribution in [-0.4, -0.2) is 43.0 Å². The topological polar surface area (TPSA) is 61.6 Å². The monoisotopic (exact) mass is 336 g/mol. The van der Waals surface area contributed by atoms with Crippen molar-refractivity contribution in [2.24, 2.45) is 0 Å². The van der Waals surface area contributed by atoms with Gasteiger partial charge in [-0.15, -0.1) is 11.3 Å². The lowest BCUT2D eigenvalue weighted by Crippen LogP contribution is -2.30. The highest BCUT2D eigenvalue weighted by molar-refractivity contribution is 7.14. The van der Waals surface area contributed by atoms with Gasteiger partial charge in [-0.2, -0.15) is 0 Å². The Morgan fingerprint density at radius 2 is 2.26 bits per heavy atom. The molecule has 2 heterocycles. The minimum Gasteiger partial charge on any atom is -0.468 e. The lowest BCUT2D eigenvalue weighted by atomic mass is 10.2. The molecule has 0 aliphatic carbocycles. The second-order valence-corrected chi connectivity index (χ2v) is 6.35. The molecule has 0 aliphatic rings. The molecule has 0 aliphatic heterocycles. The summed E-state index contributed by atoms with van der Waals surface area (Å²) >= 11 is 1.50. The van der Waals surface area contributed by atoms with Crippen LogP contribution in [0.2, 0.25) is 0 Å². The first-order valence-corrected chi connectivity index (χ1v) is 8.54. The van der Waals surface area contributed by atoms with Gasteiger partial charge in [0.05, 0.1) is 18.0 Å². The van der Waals surface area contributed by atoms with E-state index in [9.17, 15) is 4.79 Å². The predicted molar refractivity (Wildman–Crippen MR) is 92.7 cm³/mol. The summed E-state index contributed by atoms with van der Waals surface area (Å²) in [6, 6.07) is 4.06. The van der Waals surface area contributed by atoms with Crippen LogP contribution in [0.1, 0.15) is 31.3 Å². The van der Waals surface area contributed by atoms with Crippen LogP contribution >= 0.6 is 11.3 Å². The van der Waals surface area contributed by atoms with E-state index in [2.05, 4.69) is 15.2 Å². The SMILES string of the molecule is CCN(C(C)=O)c1nc(CNCC(c2ccco2)N(C)C)cs1. The van der Waals surface area contributed by atoms with E-state index in [1.54, 1.807) is 18.1 Å². The average molecular weight is 336 g/mol. The number of aromatic nitrogens is 1. The molecule has 0 spiro atoms. The molecule has 2 aromatic rings. The molecule has 0 aromatic carbocycles. The van der Waals surface area contributed by atoms with E-state index in [0.717, 1.165) is 23.1 Å². The third kappa shape index (κ3) is 4.63. The lowest BCUT2D eigenvalue weighted by Gasteiger charge is -2.22. The summed E-state index contributed by atoms with van der Waals surface area (Å²) in [6.45, 7) is 5.57. The van der Waals surface area contributed by atoms with E-state index in [1.807, 2.05) is 38.5 Å². The van der Waals surface area contributed by atoms with Gasteiger partial charge >= 0.3 is 0 Å². The second-order valence-electron chi connectivity index (χ2n) is 5.51. The van der Waals surface area contributed by atoms with Gasteiger partial charge in [0.2, 0.25) is 5.91 Å². The largest absolute Gasteiger partial charge is 0.468 e. The fourth-order valence-electron chi connectivity index (χ4n) is 2.35. The number of nitrogens with zero attached hydrogens (tertiary/aromatic N) is 3. The van der Waals surface area contributed by atoms with Gasteiger partial charge in [0.25, 0.3) is 0 Å². The molecule has 1 atom stereocenters. The Morgan fingerprint density at radius 3 is 2.83 bits per heavy atom. The zero-order valence-corrected chi connectivity index (χ0v) is 14.9. The van der Waals surface area contributed by atoms with Crippen molar-refractivity contribution in [3.8, 4) is 0 Å². The summed E-state index contributed by atoms with van der Waals surface area (Å²) in [6.07, 6.45) is 1.69. The van der Waals surface area contributed by atoms with Crippen molar-refractivity contribution in [2.45, 2.75) is 26.4 Å². The first-order valence-electron chi connectivity index (χ1n) is 7.66. The zero-order chi connectivity index (χ0) is 16.8. The molecule has 1 amide bonds. The van der Waals surface area contributed by atoms with Crippen molar-refractivity contribution >= 4 is 22.4 Å². The van der Waals surface area contributed by atoms with Crippen molar-refractivity contribution < 1.29 is 9.21 Å². The highest BCUT2D eigenvalue weighted by Crippen LogP contribution is 2.21. The minimum absolute atomic E-state index is 0.0202. The number of furan rings is 1. The number of anilines is 1. The molecule has 0 bridgehead atoms. The number of amides is 1. The van der Waals surface area contributed by atoms with Crippen LogP contribution in [0.3, 0.4) is 0 Å². The summed E-state index contributed by atoms with van der Waals surface area (Å²) in [5.41, 5.74) is 0.946. The van der Waals surface area contributed by atoms with Crippen molar-refractivity contribution in [1.82, 2.24) is 15.2 Å². The third-order valence-electron chi connectivity index (χ3n) is 3.61. The average Bonchev–Trinajstić information content (AvgIpc) is 3.15. The molecule has 1 N–H and O–H groups in total. The van der Waals surface area contributed by atoms with Gasteiger partial charge in [0.1, 0.15) is 5.76 Å². The quantitative estimate of drug-likeness (QED) is 0.802. The fourth-order valence-corrected chi connectivity index (χ4v) is 3.28. The van der Waals surface area contributed by atoms with Gasteiger partial charge in [0, 0.05) is 31.9 Å². The summed E-state index contributed by atoms with van der Waals surface area (Å²) in [7, 11) is 4.06. The van der Waals surface area contributed by atoms with Crippen molar-refractivity contribution in [2.75, 3.05) is 32.1 Å². The van der Waals surface area contributed by atoms with E-state index < -0.39 is 0 Å². The molecule has 6 nitrogen and oxygen atoms in total. The number of carbonyl (C=O) groups is 1. The number of nitrogens with one attached hydrogen (secondary N) is 1. The van der Waals surface area contributed by atoms with Crippen LogP contribution in [0.25, 0.3) is 0 Å². The van der Waals surface area contributed by atoms with Crippen LogP contribution < -0.4 is 10.2 Å². The number of hydrogen-bond donors (Lipinski definition) is 1. The van der Waals surface area contributed by atoms with Gasteiger partial charge in [-0.1, -0.05) is 0 Å². The molecular weight excluding hydrogens is 312 g/mol. The highest BCUT2D eigenvalue weighted by Gasteiger charge is 2.17. The maximum absolute atomic E-state index is 11.6. The van der Waals surface area contributed by atoms with Crippen LogP contribution in [0, 0.1) is 0 Å². The number of hydrogen-bond acceptors (Lipinski definition) is 6. The molecule has 0 saturated carbocycles. The van der Waals surface area contributed by atoms with Gasteiger partial charge in [-0.25, -0.2) is 4.98 Å². The third-order valence-corrected chi connectivity index (χ3v) is 4.52. The van der Waals surface area contributed by atoms with E-state index >= 15 is 0 Å². The lowest BCUT2D eigenvalue weighted by molar-refractivity contribution is -0.116.